The molecule has 0 aliphatic carbocycles. The molecule has 3 aromatic rings. The number of para-hydroxylation sites is 1. The Kier molecular flexibility index (Phi) is 5.35. The van der Waals surface area contributed by atoms with Gasteiger partial charge in [0.2, 0.25) is 5.95 Å². The van der Waals surface area contributed by atoms with E-state index in [2.05, 4.69) is 65.9 Å². The molecule has 1 N–H and O–H groups in total. The maximum Gasteiger partial charge on any atom is 0.248 e. The minimum absolute atomic E-state index is 0.0382. The van der Waals surface area contributed by atoms with Gasteiger partial charge in [-0.3, -0.25) is 4.79 Å². The van der Waals surface area contributed by atoms with Gasteiger partial charge in [-0.2, -0.15) is 4.68 Å². The van der Waals surface area contributed by atoms with Gasteiger partial charge in [0.05, 0.1) is 0 Å². The minimum Gasteiger partial charge on any atom is -0.489 e. The smallest absolute Gasteiger partial charge is 0.248 e. The van der Waals surface area contributed by atoms with Crippen molar-refractivity contribution in [1.29, 1.82) is 0 Å². The first kappa shape index (κ1) is 20.8. The summed E-state index contributed by atoms with van der Waals surface area (Å²) >= 11 is 0. The quantitative estimate of drug-likeness (QED) is 0.661. The van der Waals surface area contributed by atoms with Crippen LogP contribution >= 0.6 is 0 Å². The first-order valence-corrected chi connectivity index (χ1v) is 10.3. The maximum atomic E-state index is 12.5. The van der Waals surface area contributed by atoms with Crippen LogP contribution in [0.5, 0.6) is 5.75 Å². The molecule has 0 radical (unpaired) electrons. The number of ether oxygens (including phenoxy) is 1. The summed E-state index contributed by atoms with van der Waals surface area (Å²) in [5, 5.41) is 15.0. The highest BCUT2D eigenvalue weighted by molar-refractivity contribution is 5.96. The molecule has 7 heteroatoms. The number of benzene rings is 2. The summed E-state index contributed by atoms with van der Waals surface area (Å²) in [5.74, 6) is 1.16. The number of carbonyl (C=O) groups is 1. The monoisotopic (exact) mass is 417 g/mol. The largest absolute Gasteiger partial charge is 0.489 e. The summed E-state index contributed by atoms with van der Waals surface area (Å²) in [6.45, 7) is 10.4. The number of nitrogens with zero attached hydrogens (tertiary/aromatic N) is 4. The van der Waals surface area contributed by atoms with Gasteiger partial charge in [-0.25, -0.2) is 0 Å². The van der Waals surface area contributed by atoms with Crippen molar-refractivity contribution in [2.45, 2.75) is 52.7 Å². The lowest BCUT2D eigenvalue weighted by molar-refractivity contribution is -0.114. The molecule has 0 saturated heterocycles. The van der Waals surface area contributed by atoms with Gasteiger partial charge in [-0.05, 0) is 46.9 Å². The van der Waals surface area contributed by atoms with Crippen LogP contribution in [0.15, 0.2) is 59.8 Å². The number of carbonyl (C=O) groups excluding carboxylic acids is 1. The lowest BCUT2D eigenvalue weighted by Crippen LogP contribution is -2.28. The van der Waals surface area contributed by atoms with Crippen LogP contribution in [-0.2, 0) is 16.8 Å². The van der Waals surface area contributed by atoms with E-state index in [1.807, 2.05) is 31.2 Å². The van der Waals surface area contributed by atoms with E-state index in [9.17, 15) is 4.79 Å². The summed E-state index contributed by atoms with van der Waals surface area (Å²) in [7, 11) is 0. The predicted molar refractivity (Wildman–Crippen MR) is 119 cm³/mol. The van der Waals surface area contributed by atoms with E-state index < -0.39 is 6.04 Å². The third-order valence-corrected chi connectivity index (χ3v) is 5.52. The molecule has 2 heterocycles. The Morgan fingerprint density at radius 1 is 1.13 bits per heavy atom. The number of hydrogen-bond acceptors (Lipinski definition) is 6. The van der Waals surface area contributed by atoms with Crippen molar-refractivity contribution in [3.63, 3.8) is 0 Å². The second kappa shape index (κ2) is 7.98. The number of nitrogens with one attached hydrogen (secondary N) is 1. The fraction of sp³-hybridized carbons (Fsp3) is 0.333. The second-order valence-electron chi connectivity index (χ2n) is 8.84. The van der Waals surface area contributed by atoms with Gasteiger partial charge in [0, 0.05) is 16.8 Å². The van der Waals surface area contributed by atoms with Gasteiger partial charge >= 0.3 is 0 Å². The molecule has 2 aromatic carbocycles. The molecule has 160 valence electrons. The van der Waals surface area contributed by atoms with E-state index in [0.717, 1.165) is 16.8 Å². The maximum absolute atomic E-state index is 12.5. The number of allylic oxidation sites excluding steroid dienone is 2. The molecule has 0 saturated carbocycles. The third-order valence-electron chi connectivity index (χ3n) is 5.52. The lowest BCUT2D eigenvalue weighted by Gasteiger charge is -2.28. The van der Waals surface area contributed by atoms with Gasteiger partial charge in [-0.15, -0.1) is 0 Å². The molecular formula is C24H27N5O2. The normalized spacial score (nSPS) is 16.0. The van der Waals surface area contributed by atoms with E-state index in [0.29, 0.717) is 23.9 Å². The van der Waals surface area contributed by atoms with Crippen molar-refractivity contribution >= 4 is 11.7 Å². The van der Waals surface area contributed by atoms with Crippen LogP contribution in [0.3, 0.4) is 0 Å². The zero-order chi connectivity index (χ0) is 22.2. The molecule has 0 fully saturated rings. The summed E-state index contributed by atoms with van der Waals surface area (Å²) in [6, 6.07) is 15.7. The summed E-state index contributed by atoms with van der Waals surface area (Å²) < 4.78 is 7.85. The Morgan fingerprint density at radius 2 is 1.84 bits per heavy atom. The van der Waals surface area contributed by atoms with E-state index in [4.69, 9.17) is 4.74 Å². The van der Waals surface area contributed by atoms with Gasteiger partial charge in [0.25, 0.3) is 0 Å². The number of anilines is 1. The summed E-state index contributed by atoms with van der Waals surface area (Å²) in [5.41, 5.74) is 4.67. The molecule has 0 bridgehead atoms. The second-order valence-corrected chi connectivity index (χ2v) is 8.84. The van der Waals surface area contributed by atoms with Gasteiger partial charge in [0.1, 0.15) is 18.4 Å². The average molecular weight is 418 g/mol. The lowest BCUT2D eigenvalue weighted by atomic mass is 9.87. The highest BCUT2D eigenvalue weighted by atomic mass is 16.5. The molecule has 7 nitrogen and oxygen atoms in total. The number of ketones is 1. The Morgan fingerprint density at radius 3 is 2.52 bits per heavy atom. The van der Waals surface area contributed by atoms with E-state index in [1.54, 1.807) is 11.6 Å². The molecule has 0 spiro atoms. The number of aromatic nitrogens is 4. The number of fused-ring (bicyclic) bond motifs is 1. The fourth-order valence-electron chi connectivity index (χ4n) is 3.86. The van der Waals surface area contributed by atoms with Crippen LogP contribution in [0.4, 0.5) is 5.95 Å². The van der Waals surface area contributed by atoms with Crippen molar-refractivity contribution in [2.24, 2.45) is 0 Å². The zero-order valence-corrected chi connectivity index (χ0v) is 18.5. The molecule has 0 amide bonds. The molecule has 1 atom stereocenters. The Hall–Kier alpha value is -3.48. The minimum atomic E-state index is -0.455. The van der Waals surface area contributed by atoms with Crippen molar-refractivity contribution in [3.8, 4) is 5.75 Å². The van der Waals surface area contributed by atoms with Crippen molar-refractivity contribution in [2.75, 3.05) is 5.32 Å². The number of rotatable bonds is 5. The molecule has 31 heavy (non-hydrogen) atoms. The summed E-state index contributed by atoms with van der Waals surface area (Å²) in [6.07, 6.45) is 0. The highest BCUT2D eigenvalue weighted by Gasteiger charge is 2.34. The van der Waals surface area contributed by atoms with Gasteiger partial charge in [0.15, 0.2) is 5.78 Å². The number of hydrogen-bond donors (Lipinski definition) is 1. The van der Waals surface area contributed by atoms with E-state index >= 15 is 0 Å². The number of Topliss-reactive ketones (excluding diaryl/α,β-unsaturated/α-hetero) is 1. The van der Waals surface area contributed by atoms with E-state index in [1.165, 1.54) is 5.56 Å². The third kappa shape index (κ3) is 4.08. The van der Waals surface area contributed by atoms with E-state index in [-0.39, 0.29) is 11.2 Å². The number of tetrazole rings is 1. The highest BCUT2D eigenvalue weighted by Crippen LogP contribution is 2.38. The summed E-state index contributed by atoms with van der Waals surface area (Å²) in [4.78, 5) is 12.5. The molecule has 1 aromatic heterocycles. The Balaban J connectivity index is 1.66. The average Bonchev–Trinajstić information content (AvgIpc) is 3.19. The standard InChI is InChI=1S/C24H27N5O2/c1-15-21(16(2)30)22(29-23(25-15)26-27-28-29)19-8-6-7-9-20(19)31-14-17-10-12-18(13-11-17)24(3,4)5/h6-13,22H,14H2,1-5H3,(H,25,26,28). The zero-order valence-electron chi connectivity index (χ0n) is 18.5. The van der Waals surface area contributed by atoms with Crippen molar-refractivity contribution < 1.29 is 9.53 Å². The Bertz CT molecular complexity index is 1140. The van der Waals surface area contributed by atoms with Gasteiger partial charge < -0.3 is 10.1 Å². The Labute approximate surface area is 182 Å². The predicted octanol–water partition coefficient (Wildman–Crippen LogP) is 4.43. The van der Waals surface area contributed by atoms with Gasteiger partial charge in [-0.1, -0.05) is 68.3 Å². The van der Waals surface area contributed by atoms with Crippen molar-refractivity contribution in [3.05, 3.63) is 76.5 Å². The van der Waals surface area contributed by atoms with Crippen LogP contribution in [0.25, 0.3) is 0 Å². The van der Waals surface area contributed by atoms with Crippen LogP contribution in [0, 0.1) is 0 Å². The molecule has 1 aliphatic rings. The molecular weight excluding hydrogens is 390 g/mol. The molecule has 4 rings (SSSR count). The molecule has 1 aliphatic heterocycles. The fourth-order valence-corrected chi connectivity index (χ4v) is 3.86. The molecule has 1 unspecified atom stereocenters. The SMILES string of the molecule is CC(=O)C1=C(C)Nc2nnnn2C1c1ccccc1OCc1ccc(C(C)(C)C)cc1. The topological polar surface area (TPSA) is 81.9 Å². The van der Waals surface area contributed by atoms with Crippen LogP contribution in [-0.4, -0.2) is 26.0 Å². The van der Waals surface area contributed by atoms with Crippen LogP contribution < -0.4 is 10.1 Å². The first-order valence-electron chi connectivity index (χ1n) is 10.3. The van der Waals surface area contributed by atoms with Crippen LogP contribution in [0.2, 0.25) is 0 Å². The van der Waals surface area contributed by atoms with Crippen LogP contribution in [0.1, 0.15) is 57.4 Å². The first-order chi connectivity index (χ1) is 14.8. The van der Waals surface area contributed by atoms with Crippen molar-refractivity contribution in [1.82, 2.24) is 20.2 Å².